The summed E-state index contributed by atoms with van der Waals surface area (Å²) in [7, 11) is 0. The van der Waals surface area contributed by atoms with E-state index in [4.69, 9.17) is 9.84 Å². The van der Waals surface area contributed by atoms with Gasteiger partial charge in [0.2, 0.25) is 11.9 Å². The third-order valence-corrected chi connectivity index (χ3v) is 5.50. The van der Waals surface area contributed by atoms with Crippen LogP contribution in [-0.4, -0.2) is 93.2 Å². The van der Waals surface area contributed by atoms with Crippen LogP contribution in [0, 0.1) is 11.3 Å². The highest BCUT2D eigenvalue weighted by molar-refractivity contribution is 5.77. The van der Waals surface area contributed by atoms with Crippen molar-refractivity contribution in [3.8, 4) is 23.2 Å². The van der Waals surface area contributed by atoms with Gasteiger partial charge in [0.25, 0.3) is 0 Å². The van der Waals surface area contributed by atoms with Crippen LogP contribution in [0.3, 0.4) is 0 Å². The van der Waals surface area contributed by atoms with E-state index in [0.29, 0.717) is 10.6 Å². The number of halogens is 3. The number of hydrazone groups is 1. The first-order valence-electron chi connectivity index (χ1n) is 10.7. The summed E-state index contributed by atoms with van der Waals surface area (Å²) in [5.41, 5.74) is 0.600. The number of aliphatic hydroxyl groups is 1. The lowest BCUT2D eigenvalue weighted by atomic mass is 10.0. The highest BCUT2D eigenvalue weighted by Gasteiger charge is 2.33. The molecule has 1 amide bonds. The van der Waals surface area contributed by atoms with Crippen LogP contribution in [0.15, 0.2) is 29.6 Å². The highest BCUT2D eigenvalue weighted by atomic mass is 19.3. The molecule has 14 heteroatoms. The monoisotopic (exact) mass is 490 g/mol. The maximum absolute atomic E-state index is 14.6. The number of carbonyl (C=O) groups excluding carboxylic acids is 1. The Morgan fingerprint density at radius 1 is 1.34 bits per heavy atom. The number of hydrogen-bond acceptors (Lipinski definition) is 10. The molecule has 4 rings (SSSR count). The van der Waals surface area contributed by atoms with Crippen LogP contribution in [-0.2, 0) is 4.79 Å². The van der Waals surface area contributed by atoms with Crippen molar-refractivity contribution in [3.63, 3.8) is 0 Å². The van der Waals surface area contributed by atoms with Crippen LogP contribution >= 0.6 is 0 Å². The molecule has 0 radical (unpaired) electrons. The fourth-order valence-corrected chi connectivity index (χ4v) is 3.71. The summed E-state index contributed by atoms with van der Waals surface area (Å²) in [6.45, 7) is -3.42. The molecule has 1 aromatic carbocycles. The number of carbonyl (C=O) groups is 1. The van der Waals surface area contributed by atoms with Crippen LogP contribution in [0.4, 0.5) is 19.1 Å². The minimum absolute atomic E-state index is 0.0497. The summed E-state index contributed by atoms with van der Waals surface area (Å²) in [6.07, 6.45) is 0.438. The molecule has 1 unspecified atom stereocenters. The van der Waals surface area contributed by atoms with Crippen LogP contribution in [0.2, 0.25) is 0 Å². The molecule has 184 valence electrons. The number of rotatable bonds is 7. The Balaban J connectivity index is 1.44. The van der Waals surface area contributed by atoms with E-state index in [2.05, 4.69) is 25.4 Å². The Morgan fingerprint density at radius 2 is 2.17 bits per heavy atom. The van der Waals surface area contributed by atoms with Crippen LogP contribution < -0.4 is 10.1 Å². The number of aliphatic hydroxyl groups excluding tert-OH is 1. The summed E-state index contributed by atoms with van der Waals surface area (Å²) in [5.74, 6) is -0.00492. The molecule has 1 aromatic heterocycles. The number of amides is 1. The number of ether oxygens (including phenoxy) is 1. The van der Waals surface area contributed by atoms with Crippen LogP contribution in [0.25, 0.3) is 11.4 Å². The number of piperidine rings is 1. The van der Waals surface area contributed by atoms with Gasteiger partial charge in [-0.25, -0.2) is 19.4 Å². The first-order chi connectivity index (χ1) is 16.9. The van der Waals surface area contributed by atoms with E-state index >= 15 is 0 Å². The first kappa shape index (κ1) is 24.1. The van der Waals surface area contributed by atoms with Crippen LogP contribution in [0.5, 0.6) is 5.75 Å². The fraction of sp³-hybridized carbons (Fsp3) is 0.429. The van der Waals surface area contributed by atoms with Gasteiger partial charge >= 0.3 is 6.55 Å². The molecule has 0 bridgehead atoms. The molecule has 35 heavy (non-hydrogen) atoms. The van der Waals surface area contributed by atoms with Gasteiger partial charge < -0.3 is 20.1 Å². The number of nitrogens with one attached hydrogen (secondary N) is 1. The lowest BCUT2D eigenvalue weighted by molar-refractivity contribution is -0.138. The maximum atomic E-state index is 14.6. The Morgan fingerprint density at radius 3 is 2.86 bits per heavy atom. The number of likely N-dealkylation sites (tertiary alicyclic amines) is 1. The zero-order valence-electron chi connectivity index (χ0n) is 18.3. The standard InChI is InChI=1S/C21H21F3N8O3/c22-15-9-31(18(34)10-33)4-3-17(15)35-16-2-1-12(5-13(16)6-25)19-26-11-27-21(30-19)29-14-7-28-32(8-14)20(23)24/h1-2,5,7,11,14-15,17,20,33H,3-4,8-10H2,(H,26,27,29,30)/t14?,15-,17+/m1/s1. The molecule has 1 fully saturated rings. The van der Waals surface area contributed by atoms with E-state index in [1.54, 1.807) is 6.07 Å². The predicted molar refractivity (Wildman–Crippen MR) is 116 cm³/mol. The van der Waals surface area contributed by atoms with Gasteiger partial charge in [-0.15, -0.1) is 0 Å². The number of nitriles is 1. The number of hydrogen-bond donors (Lipinski definition) is 2. The van der Waals surface area contributed by atoms with Crippen molar-refractivity contribution in [3.05, 3.63) is 30.1 Å². The van der Waals surface area contributed by atoms with Gasteiger partial charge in [0.1, 0.15) is 30.9 Å². The van der Waals surface area contributed by atoms with Crippen molar-refractivity contribution in [2.45, 2.75) is 31.3 Å². The number of aromatic nitrogens is 3. The van der Waals surface area contributed by atoms with Crippen molar-refractivity contribution < 1.29 is 27.8 Å². The Kier molecular flexibility index (Phi) is 7.25. The number of nitrogens with zero attached hydrogens (tertiary/aromatic N) is 7. The van der Waals surface area contributed by atoms with Crippen molar-refractivity contribution >= 4 is 18.1 Å². The normalized spacial score (nSPS) is 21.8. The van der Waals surface area contributed by atoms with Gasteiger partial charge in [-0.3, -0.25) is 4.79 Å². The topological polar surface area (TPSA) is 140 Å². The molecule has 0 spiro atoms. The van der Waals surface area contributed by atoms with E-state index < -0.39 is 37.4 Å². The Labute approximate surface area is 197 Å². The first-order valence-corrected chi connectivity index (χ1v) is 10.7. The van der Waals surface area contributed by atoms with E-state index in [9.17, 15) is 23.2 Å². The molecule has 2 aliphatic heterocycles. The molecule has 2 aromatic rings. The van der Waals surface area contributed by atoms with E-state index in [1.807, 2.05) is 6.07 Å². The molecule has 3 atom stereocenters. The van der Waals surface area contributed by atoms with Gasteiger partial charge in [0.15, 0.2) is 12.0 Å². The zero-order valence-corrected chi connectivity index (χ0v) is 18.3. The number of benzene rings is 1. The molecule has 1 saturated heterocycles. The summed E-state index contributed by atoms with van der Waals surface area (Å²) in [4.78, 5) is 25.2. The van der Waals surface area contributed by atoms with Crippen LogP contribution in [0.1, 0.15) is 12.0 Å². The predicted octanol–water partition coefficient (Wildman–Crippen LogP) is 1.02. The fourth-order valence-electron chi connectivity index (χ4n) is 3.71. The van der Waals surface area contributed by atoms with Crippen molar-refractivity contribution in [2.75, 3.05) is 31.6 Å². The average molecular weight is 490 g/mol. The third-order valence-electron chi connectivity index (χ3n) is 5.50. The van der Waals surface area contributed by atoms with E-state index in [-0.39, 0.29) is 49.1 Å². The second-order valence-electron chi connectivity index (χ2n) is 7.83. The summed E-state index contributed by atoms with van der Waals surface area (Å²) in [6, 6.07) is 6.09. The quantitative estimate of drug-likeness (QED) is 0.545. The zero-order chi connectivity index (χ0) is 24.9. The second kappa shape index (κ2) is 10.5. The minimum atomic E-state index is -2.71. The lowest BCUT2D eigenvalue weighted by Gasteiger charge is -2.34. The molecule has 0 aliphatic carbocycles. The second-order valence-corrected chi connectivity index (χ2v) is 7.83. The van der Waals surface area contributed by atoms with Gasteiger partial charge in [-0.05, 0) is 18.2 Å². The maximum Gasteiger partial charge on any atom is 0.329 e. The molecular weight excluding hydrogens is 469 g/mol. The minimum Gasteiger partial charge on any atom is -0.486 e. The molecule has 11 nitrogen and oxygen atoms in total. The molecule has 2 aliphatic rings. The highest BCUT2D eigenvalue weighted by Crippen LogP contribution is 2.28. The molecule has 3 heterocycles. The van der Waals surface area contributed by atoms with Crippen molar-refractivity contribution in [1.29, 1.82) is 5.26 Å². The number of anilines is 1. The molecule has 2 N–H and O–H groups in total. The summed E-state index contributed by atoms with van der Waals surface area (Å²) in [5, 5.41) is 25.7. The lowest BCUT2D eigenvalue weighted by Crippen LogP contribution is -2.50. The largest absolute Gasteiger partial charge is 0.486 e. The summed E-state index contributed by atoms with van der Waals surface area (Å²) >= 11 is 0. The molecular formula is C21H21F3N8O3. The number of alkyl halides is 3. The van der Waals surface area contributed by atoms with E-state index in [0.717, 1.165) is 0 Å². The van der Waals surface area contributed by atoms with Crippen molar-refractivity contribution in [2.24, 2.45) is 5.10 Å². The van der Waals surface area contributed by atoms with Gasteiger partial charge in [0.05, 0.1) is 24.7 Å². The SMILES string of the molecule is N#Cc1cc(-c2ncnc(NC3C=NN(C(F)F)C3)n2)ccc1O[C@H]1CCN(C(=O)CO)C[C@H]1F. The third kappa shape index (κ3) is 5.57. The average Bonchev–Trinajstić information content (AvgIpc) is 3.34. The molecule has 0 saturated carbocycles. The van der Waals surface area contributed by atoms with Gasteiger partial charge in [0, 0.05) is 24.7 Å². The summed E-state index contributed by atoms with van der Waals surface area (Å²) < 4.78 is 45.8. The smallest absolute Gasteiger partial charge is 0.329 e. The van der Waals surface area contributed by atoms with Gasteiger partial charge in [-0.1, -0.05) is 0 Å². The van der Waals surface area contributed by atoms with E-state index in [1.165, 1.54) is 29.6 Å². The van der Waals surface area contributed by atoms with Crippen molar-refractivity contribution in [1.82, 2.24) is 24.9 Å². The van der Waals surface area contributed by atoms with Gasteiger partial charge in [-0.2, -0.15) is 24.1 Å². The Hall–Kier alpha value is -3.99. The Bertz CT molecular complexity index is 1150.